The second kappa shape index (κ2) is 7.66. The van der Waals surface area contributed by atoms with Gasteiger partial charge in [-0.05, 0) is 40.5 Å². The third kappa shape index (κ3) is 4.03. The number of likely N-dealkylation sites (tertiary alicyclic amines) is 1. The average Bonchev–Trinajstić information content (AvgIpc) is 3.15. The third-order valence-corrected chi connectivity index (χ3v) is 6.64. The van der Waals surface area contributed by atoms with Crippen LogP contribution in [0.15, 0.2) is 17.6 Å². The molecule has 3 rings (SSSR count). The molecule has 0 N–H and O–H groups in total. The SMILES string of the molecule is CC1(C)OB(c2cnc(SCC3CCCN3C(=O)CCl)nc2)OC1(C)C. The number of halogens is 1. The Balaban J connectivity index is 1.58. The molecule has 9 heteroatoms. The van der Waals surface area contributed by atoms with Crippen molar-refractivity contribution in [2.45, 2.75) is 62.9 Å². The number of alkyl halides is 1. The van der Waals surface area contributed by atoms with Crippen molar-refractivity contribution in [1.82, 2.24) is 14.9 Å². The molecule has 1 aromatic rings. The maximum atomic E-state index is 11.9. The normalized spacial score (nSPS) is 24.3. The Morgan fingerprint density at radius 2 is 1.92 bits per heavy atom. The first-order valence-corrected chi connectivity index (χ1v) is 10.4. The summed E-state index contributed by atoms with van der Waals surface area (Å²) >= 11 is 7.25. The molecule has 2 aliphatic heterocycles. The minimum Gasteiger partial charge on any atom is -0.399 e. The van der Waals surface area contributed by atoms with Gasteiger partial charge in [0.2, 0.25) is 5.91 Å². The molecule has 3 heterocycles. The maximum absolute atomic E-state index is 11.9. The molecule has 2 saturated heterocycles. The highest BCUT2D eigenvalue weighted by atomic mass is 35.5. The number of hydrogen-bond donors (Lipinski definition) is 0. The molecule has 6 nitrogen and oxygen atoms in total. The molecule has 26 heavy (non-hydrogen) atoms. The topological polar surface area (TPSA) is 64.5 Å². The van der Waals surface area contributed by atoms with E-state index in [0.717, 1.165) is 30.6 Å². The molecule has 0 spiro atoms. The van der Waals surface area contributed by atoms with Gasteiger partial charge in [-0.15, -0.1) is 11.6 Å². The first kappa shape index (κ1) is 19.9. The number of amides is 1. The fourth-order valence-electron chi connectivity index (χ4n) is 3.09. The van der Waals surface area contributed by atoms with Crippen molar-refractivity contribution in [2.24, 2.45) is 0 Å². The summed E-state index contributed by atoms with van der Waals surface area (Å²) in [7, 11) is -0.453. The minimum absolute atomic E-state index is 0.00629. The van der Waals surface area contributed by atoms with Crippen LogP contribution in [0.25, 0.3) is 0 Å². The summed E-state index contributed by atoms with van der Waals surface area (Å²) in [5.74, 6) is 0.825. The molecule has 2 fully saturated rings. The van der Waals surface area contributed by atoms with Gasteiger partial charge < -0.3 is 14.2 Å². The van der Waals surface area contributed by atoms with Gasteiger partial charge in [0.1, 0.15) is 5.88 Å². The van der Waals surface area contributed by atoms with Crippen LogP contribution in [0, 0.1) is 0 Å². The molecular formula is C17H25BClN3O3S. The lowest BCUT2D eigenvalue weighted by molar-refractivity contribution is -0.128. The number of carbonyl (C=O) groups excluding carboxylic acids is 1. The second-order valence-corrected chi connectivity index (χ2v) is 8.97. The molecule has 0 saturated carbocycles. The Kier molecular flexibility index (Phi) is 5.87. The summed E-state index contributed by atoms with van der Waals surface area (Å²) in [5, 5.41) is 0.690. The molecular weight excluding hydrogens is 373 g/mol. The lowest BCUT2D eigenvalue weighted by Crippen LogP contribution is -2.41. The van der Waals surface area contributed by atoms with Crippen LogP contribution in [0.3, 0.4) is 0 Å². The van der Waals surface area contributed by atoms with E-state index in [0.29, 0.717) is 5.16 Å². The minimum atomic E-state index is -0.453. The van der Waals surface area contributed by atoms with E-state index < -0.39 is 7.12 Å². The Hall–Kier alpha value is -0.825. The fourth-order valence-corrected chi connectivity index (χ4v) is 4.18. The van der Waals surface area contributed by atoms with Crippen molar-refractivity contribution in [3.63, 3.8) is 0 Å². The zero-order valence-corrected chi connectivity index (χ0v) is 17.3. The highest BCUT2D eigenvalue weighted by Gasteiger charge is 2.51. The van der Waals surface area contributed by atoms with Crippen LogP contribution in [-0.4, -0.2) is 63.3 Å². The molecule has 1 atom stereocenters. The zero-order chi connectivity index (χ0) is 18.9. The average molecular weight is 398 g/mol. The standard InChI is InChI=1S/C17H25BClN3O3S/c1-16(2)17(3,4)25-18(24-16)12-9-20-15(21-10-12)26-11-13-6-5-7-22(13)14(23)8-19/h9-10,13H,5-8,11H2,1-4H3. The number of carbonyl (C=O) groups is 1. The van der Waals surface area contributed by atoms with Crippen molar-refractivity contribution in [3.05, 3.63) is 12.4 Å². The number of thioether (sulfide) groups is 1. The van der Waals surface area contributed by atoms with Crippen LogP contribution < -0.4 is 5.46 Å². The first-order chi connectivity index (χ1) is 12.2. The van der Waals surface area contributed by atoms with E-state index >= 15 is 0 Å². The summed E-state index contributed by atoms with van der Waals surface area (Å²) < 4.78 is 12.0. The van der Waals surface area contributed by atoms with Gasteiger partial charge in [0.05, 0.1) is 11.2 Å². The second-order valence-electron chi connectivity index (χ2n) is 7.72. The predicted octanol–water partition coefficient (Wildman–Crippen LogP) is 2.10. The van der Waals surface area contributed by atoms with Crippen LogP contribution in [0.1, 0.15) is 40.5 Å². The highest BCUT2D eigenvalue weighted by molar-refractivity contribution is 7.99. The quantitative estimate of drug-likeness (QED) is 0.328. The maximum Gasteiger partial charge on any atom is 0.498 e. The highest BCUT2D eigenvalue weighted by Crippen LogP contribution is 2.36. The first-order valence-electron chi connectivity index (χ1n) is 8.89. The van der Waals surface area contributed by atoms with Crippen molar-refractivity contribution in [1.29, 1.82) is 0 Å². The van der Waals surface area contributed by atoms with Crippen molar-refractivity contribution in [2.75, 3.05) is 18.2 Å². The monoisotopic (exact) mass is 397 g/mol. The van der Waals surface area contributed by atoms with Gasteiger partial charge in [-0.25, -0.2) is 9.97 Å². The van der Waals surface area contributed by atoms with E-state index in [4.69, 9.17) is 20.9 Å². The van der Waals surface area contributed by atoms with Gasteiger partial charge in [0.25, 0.3) is 0 Å². The Labute approximate surface area is 164 Å². The van der Waals surface area contributed by atoms with Crippen LogP contribution in [0.5, 0.6) is 0 Å². The van der Waals surface area contributed by atoms with E-state index in [1.807, 2.05) is 32.6 Å². The Bertz CT molecular complexity index is 643. The molecule has 2 aliphatic rings. The van der Waals surface area contributed by atoms with E-state index in [-0.39, 0.29) is 29.0 Å². The molecule has 1 aromatic heterocycles. The van der Waals surface area contributed by atoms with Gasteiger partial charge in [0, 0.05) is 36.2 Å². The summed E-state index contributed by atoms with van der Waals surface area (Å²) in [6.45, 7) is 8.88. The third-order valence-electron chi connectivity index (χ3n) is 5.39. The van der Waals surface area contributed by atoms with E-state index in [1.165, 1.54) is 0 Å². The Morgan fingerprint density at radius 3 is 2.50 bits per heavy atom. The molecule has 0 bridgehead atoms. The smallest absolute Gasteiger partial charge is 0.399 e. The van der Waals surface area contributed by atoms with Crippen molar-refractivity contribution >= 4 is 41.9 Å². The van der Waals surface area contributed by atoms with Crippen LogP contribution in [-0.2, 0) is 14.1 Å². The summed E-state index contributed by atoms with van der Waals surface area (Å²) in [6.07, 6.45) is 5.54. The fraction of sp³-hybridized carbons (Fsp3) is 0.706. The predicted molar refractivity (Wildman–Crippen MR) is 104 cm³/mol. The largest absolute Gasteiger partial charge is 0.498 e. The van der Waals surface area contributed by atoms with Gasteiger partial charge >= 0.3 is 7.12 Å². The molecule has 1 unspecified atom stereocenters. The van der Waals surface area contributed by atoms with E-state index in [1.54, 1.807) is 24.2 Å². The van der Waals surface area contributed by atoms with Crippen molar-refractivity contribution < 1.29 is 14.1 Å². The molecule has 0 aromatic carbocycles. The zero-order valence-electron chi connectivity index (χ0n) is 15.7. The lowest BCUT2D eigenvalue weighted by atomic mass is 9.81. The number of aromatic nitrogens is 2. The summed E-state index contributed by atoms with van der Waals surface area (Å²) in [4.78, 5) is 22.6. The van der Waals surface area contributed by atoms with Gasteiger partial charge in [0.15, 0.2) is 5.16 Å². The van der Waals surface area contributed by atoms with Gasteiger partial charge in [-0.1, -0.05) is 11.8 Å². The van der Waals surface area contributed by atoms with Gasteiger partial charge in [-0.2, -0.15) is 0 Å². The summed E-state index contributed by atoms with van der Waals surface area (Å²) in [6, 6.07) is 0.206. The molecule has 142 valence electrons. The number of rotatable bonds is 5. The summed E-state index contributed by atoms with van der Waals surface area (Å²) in [5.41, 5.74) is 0.0469. The van der Waals surface area contributed by atoms with Crippen LogP contribution in [0.4, 0.5) is 0 Å². The van der Waals surface area contributed by atoms with E-state index in [9.17, 15) is 4.79 Å². The molecule has 1 amide bonds. The molecule has 0 aliphatic carbocycles. The lowest BCUT2D eigenvalue weighted by Gasteiger charge is -2.32. The van der Waals surface area contributed by atoms with Crippen molar-refractivity contribution in [3.8, 4) is 0 Å². The number of hydrogen-bond acceptors (Lipinski definition) is 6. The van der Waals surface area contributed by atoms with E-state index in [2.05, 4.69) is 9.97 Å². The number of nitrogens with zero attached hydrogens (tertiary/aromatic N) is 3. The Morgan fingerprint density at radius 1 is 1.31 bits per heavy atom. The van der Waals surface area contributed by atoms with Crippen LogP contribution in [0.2, 0.25) is 0 Å². The molecule has 0 radical (unpaired) electrons. The van der Waals surface area contributed by atoms with Gasteiger partial charge in [-0.3, -0.25) is 4.79 Å². The van der Waals surface area contributed by atoms with Crippen LogP contribution >= 0.6 is 23.4 Å².